The summed E-state index contributed by atoms with van der Waals surface area (Å²) < 4.78 is 7.25. The first kappa shape index (κ1) is 12.2. The molecule has 0 fully saturated rings. The van der Waals surface area contributed by atoms with E-state index in [0.717, 1.165) is 26.1 Å². The molecular formula is C11H21N3O. The van der Waals surface area contributed by atoms with Crippen LogP contribution in [0.2, 0.25) is 0 Å². The van der Waals surface area contributed by atoms with Crippen molar-refractivity contribution in [1.29, 1.82) is 0 Å². The molecule has 0 aliphatic heterocycles. The second kappa shape index (κ2) is 6.58. The highest BCUT2D eigenvalue weighted by molar-refractivity contribution is 5.03. The van der Waals surface area contributed by atoms with Gasteiger partial charge in [0.1, 0.15) is 0 Å². The van der Waals surface area contributed by atoms with Crippen molar-refractivity contribution in [1.82, 2.24) is 15.1 Å². The van der Waals surface area contributed by atoms with Crippen molar-refractivity contribution in [2.45, 2.75) is 26.4 Å². The lowest BCUT2D eigenvalue weighted by Crippen LogP contribution is -2.23. The Labute approximate surface area is 91.6 Å². The second-order valence-electron chi connectivity index (χ2n) is 3.94. The summed E-state index contributed by atoms with van der Waals surface area (Å²) in [6, 6.07) is 0. The molecular weight excluding hydrogens is 190 g/mol. The molecule has 0 aromatic carbocycles. The van der Waals surface area contributed by atoms with E-state index in [1.807, 2.05) is 24.1 Å². The van der Waals surface area contributed by atoms with Crippen LogP contribution < -0.4 is 5.32 Å². The molecule has 0 atom stereocenters. The first-order valence-corrected chi connectivity index (χ1v) is 5.48. The molecule has 1 N–H and O–H groups in total. The molecule has 1 aromatic heterocycles. The fourth-order valence-electron chi connectivity index (χ4n) is 1.33. The second-order valence-corrected chi connectivity index (χ2v) is 3.94. The summed E-state index contributed by atoms with van der Waals surface area (Å²) in [4.78, 5) is 0. The van der Waals surface area contributed by atoms with Crippen molar-refractivity contribution in [3.8, 4) is 0 Å². The third kappa shape index (κ3) is 5.54. The smallest absolute Gasteiger partial charge is 0.0594 e. The quantitative estimate of drug-likeness (QED) is 0.683. The van der Waals surface area contributed by atoms with Crippen LogP contribution in [0.4, 0.5) is 0 Å². The number of hydrogen-bond donors (Lipinski definition) is 1. The first-order chi connectivity index (χ1) is 7.18. The third-order valence-corrected chi connectivity index (χ3v) is 2.08. The average Bonchev–Trinajstić information content (AvgIpc) is 2.57. The van der Waals surface area contributed by atoms with E-state index in [1.165, 1.54) is 5.56 Å². The topological polar surface area (TPSA) is 39.1 Å². The van der Waals surface area contributed by atoms with Crippen LogP contribution >= 0.6 is 0 Å². The molecule has 0 radical (unpaired) electrons. The molecule has 0 unspecified atom stereocenters. The van der Waals surface area contributed by atoms with Gasteiger partial charge < -0.3 is 10.1 Å². The van der Waals surface area contributed by atoms with Gasteiger partial charge in [-0.05, 0) is 32.4 Å². The third-order valence-electron chi connectivity index (χ3n) is 2.08. The highest BCUT2D eigenvalue weighted by Gasteiger charge is 1.96. The molecule has 1 heterocycles. The molecule has 0 aliphatic carbocycles. The van der Waals surface area contributed by atoms with Gasteiger partial charge in [0.25, 0.3) is 0 Å². The summed E-state index contributed by atoms with van der Waals surface area (Å²) in [5.74, 6) is 0. The van der Waals surface area contributed by atoms with Crippen LogP contribution in [0, 0.1) is 0 Å². The SMILES string of the molecule is CC(C)OCCNCCc1cnn(C)c1. The Morgan fingerprint density at radius 1 is 1.47 bits per heavy atom. The minimum absolute atomic E-state index is 0.324. The Morgan fingerprint density at radius 3 is 2.87 bits per heavy atom. The maximum atomic E-state index is 5.42. The number of aromatic nitrogens is 2. The molecule has 1 aromatic rings. The van der Waals surface area contributed by atoms with Crippen LogP contribution in [-0.2, 0) is 18.2 Å². The van der Waals surface area contributed by atoms with E-state index in [0.29, 0.717) is 6.10 Å². The van der Waals surface area contributed by atoms with E-state index in [1.54, 1.807) is 0 Å². The Hall–Kier alpha value is -0.870. The van der Waals surface area contributed by atoms with Crippen molar-refractivity contribution < 1.29 is 4.74 Å². The van der Waals surface area contributed by atoms with Crippen LogP contribution in [-0.4, -0.2) is 35.6 Å². The molecule has 0 spiro atoms. The number of nitrogens with one attached hydrogen (secondary N) is 1. The van der Waals surface area contributed by atoms with Crippen molar-refractivity contribution >= 4 is 0 Å². The maximum Gasteiger partial charge on any atom is 0.0594 e. The summed E-state index contributed by atoms with van der Waals surface area (Å²) in [7, 11) is 1.94. The van der Waals surface area contributed by atoms with Crippen molar-refractivity contribution in [3.05, 3.63) is 18.0 Å². The van der Waals surface area contributed by atoms with Gasteiger partial charge in [-0.25, -0.2) is 0 Å². The summed E-state index contributed by atoms with van der Waals surface area (Å²) in [5, 5.41) is 7.46. The summed E-state index contributed by atoms with van der Waals surface area (Å²) in [6.07, 6.45) is 5.30. The predicted octanol–water partition coefficient (Wildman–Crippen LogP) is 0.977. The average molecular weight is 211 g/mol. The first-order valence-electron chi connectivity index (χ1n) is 5.48. The molecule has 1 rings (SSSR count). The molecule has 0 amide bonds. The summed E-state index contributed by atoms with van der Waals surface area (Å²) in [6.45, 7) is 6.78. The Balaban J connectivity index is 1.98. The van der Waals surface area contributed by atoms with Gasteiger partial charge in [-0.1, -0.05) is 0 Å². The summed E-state index contributed by atoms with van der Waals surface area (Å²) in [5.41, 5.74) is 1.27. The maximum absolute atomic E-state index is 5.42. The van der Waals surface area contributed by atoms with Gasteiger partial charge in [-0.2, -0.15) is 5.10 Å². The monoisotopic (exact) mass is 211 g/mol. The lowest BCUT2D eigenvalue weighted by atomic mass is 10.2. The van der Waals surface area contributed by atoms with E-state index in [-0.39, 0.29) is 0 Å². The normalized spacial score (nSPS) is 11.2. The van der Waals surface area contributed by atoms with Gasteiger partial charge in [-0.15, -0.1) is 0 Å². The number of nitrogens with zero attached hydrogens (tertiary/aromatic N) is 2. The molecule has 86 valence electrons. The number of hydrogen-bond acceptors (Lipinski definition) is 3. The Bertz CT molecular complexity index is 271. The van der Waals surface area contributed by atoms with Gasteiger partial charge in [-0.3, -0.25) is 4.68 Å². The zero-order valence-electron chi connectivity index (χ0n) is 9.86. The van der Waals surface area contributed by atoms with Crippen molar-refractivity contribution in [2.24, 2.45) is 7.05 Å². The Morgan fingerprint density at radius 2 is 2.27 bits per heavy atom. The number of ether oxygens (including phenoxy) is 1. The zero-order chi connectivity index (χ0) is 11.1. The summed E-state index contributed by atoms with van der Waals surface area (Å²) >= 11 is 0. The fourth-order valence-corrected chi connectivity index (χ4v) is 1.33. The highest BCUT2D eigenvalue weighted by Crippen LogP contribution is 1.95. The zero-order valence-corrected chi connectivity index (χ0v) is 9.86. The van der Waals surface area contributed by atoms with E-state index in [2.05, 4.69) is 24.3 Å². The lowest BCUT2D eigenvalue weighted by molar-refractivity contribution is 0.0810. The van der Waals surface area contributed by atoms with E-state index < -0.39 is 0 Å². The highest BCUT2D eigenvalue weighted by atomic mass is 16.5. The van der Waals surface area contributed by atoms with Crippen molar-refractivity contribution in [2.75, 3.05) is 19.7 Å². The van der Waals surface area contributed by atoms with Crippen LogP contribution in [0.15, 0.2) is 12.4 Å². The van der Waals surface area contributed by atoms with E-state index >= 15 is 0 Å². The van der Waals surface area contributed by atoms with E-state index in [4.69, 9.17) is 4.74 Å². The number of rotatable bonds is 7. The minimum Gasteiger partial charge on any atom is -0.377 e. The van der Waals surface area contributed by atoms with Crippen LogP contribution in [0.5, 0.6) is 0 Å². The van der Waals surface area contributed by atoms with Crippen LogP contribution in [0.25, 0.3) is 0 Å². The largest absolute Gasteiger partial charge is 0.377 e. The fraction of sp³-hybridized carbons (Fsp3) is 0.727. The van der Waals surface area contributed by atoms with E-state index in [9.17, 15) is 0 Å². The molecule has 0 aliphatic rings. The standard InChI is InChI=1S/C11H21N3O/c1-10(2)15-7-6-12-5-4-11-8-13-14(3)9-11/h8-10,12H,4-7H2,1-3H3. The lowest BCUT2D eigenvalue weighted by Gasteiger charge is -2.07. The van der Waals surface area contributed by atoms with Crippen LogP contribution in [0.1, 0.15) is 19.4 Å². The molecule has 4 heteroatoms. The minimum atomic E-state index is 0.324. The molecule has 15 heavy (non-hydrogen) atoms. The van der Waals surface area contributed by atoms with Gasteiger partial charge in [0.05, 0.1) is 18.9 Å². The van der Waals surface area contributed by atoms with Crippen LogP contribution in [0.3, 0.4) is 0 Å². The van der Waals surface area contributed by atoms with Gasteiger partial charge in [0.15, 0.2) is 0 Å². The van der Waals surface area contributed by atoms with Gasteiger partial charge in [0.2, 0.25) is 0 Å². The molecule has 0 saturated carbocycles. The van der Waals surface area contributed by atoms with Gasteiger partial charge >= 0.3 is 0 Å². The molecule has 4 nitrogen and oxygen atoms in total. The number of aryl methyl sites for hydroxylation is 1. The Kier molecular flexibility index (Phi) is 5.36. The predicted molar refractivity (Wildman–Crippen MR) is 60.9 cm³/mol. The van der Waals surface area contributed by atoms with Gasteiger partial charge in [0, 0.05) is 19.8 Å². The molecule has 0 bridgehead atoms. The molecule has 0 saturated heterocycles. The van der Waals surface area contributed by atoms with Crippen molar-refractivity contribution in [3.63, 3.8) is 0 Å².